The summed E-state index contributed by atoms with van der Waals surface area (Å²) in [5.74, 6) is -0.689. The topological polar surface area (TPSA) is 42.0 Å². The summed E-state index contributed by atoms with van der Waals surface area (Å²) in [6.07, 6.45) is 4.44. The molecule has 0 fully saturated rings. The Labute approximate surface area is 152 Å². The number of carbonyl (C=O) groups excluding carboxylic acids is 1. The van der Waals surface area contributed by atoms with Gasteiger partial charge in [-0.2, -0.15) is 0 Å². The van der Waals surface area contributed by atoms with Crippen LogP contribution in [0.2, 0.25) is 0 Å². The molecule has 0 saturated carbocycles. The van der Waals surface area contributed by atoms with E-state index in [0.717, 1.165) is 17.5 Å². The van der Waals surface area contributed by atoms with Gasteiger partial charge in [-0.05, 0) is 35.2 Å². The molecular formula is C22H21FN2O. The quantitative estimate of drug-likeness (QED) is 0.698. The third-order valence-corrected chi connectivity index (χ3v) is 4.33. The Kier molecular flexibility index (Phi) is 6.09. The number of aromatic nitrogens is 1. The maximum Gasteiger partial charge on any atom is 0.220 e. The lowest BCUT2D eigenvalue weighted by atomic mass is 9.88. The molecule has 3 aromatic rings. The number of amides is 1. The Morgan fingerprint density at radius 3 is 2.50 bits per heavy atom. The molecule has 0 saturated heterocycles. The van der Waals surface area contributed by atoms with Crippen LogP contribution in [0.25, 0.3) is 0 Å². The second-order valence-corrected chi connectivity index (χ2v) is 6.15. The predicted molar refractivity (Wildman–Crippen MR) is 100 cm³/mol. The average molecular weight is 348 g/mol. The van der Waals surface area contributed by atoms with E-state index in [2.05, 4.69) is 10.3 Å². The molecule has 1 amide bonds. The van der Waals surface area contributed by atoms with Crippen LogP contribution in [-0.4, -0.2) is 17.4 Å². The first-order valence-corrected chi connectivity index (χ1v) is 8.69. The number of halogens is 1. The van der Waals surface area contributed by atoms with Crippen LogP contribution < -0.4 is 5.32 Å². The Morgan fingerprint density at radius 1 is 1.00 bits per heavy atom. The molecule has 2 aromatic carbocycles. The molecule has 0 spiro atoms. The molecule has 132 valence electrons. The number of nitrogens with one attached hydrogen (secondary N) is 1. The smallest absolute Gasteiger partial charge is 0.220 e. The van der Waals surface area contributed by atoms with Crippen LogP contribution in [0.4, 0.5) is 4.39 Å². The van der Waals surface area contributed by atoms with Crippen molar-refractivity contribution >= 4 is 5.91 Å². The highest BCUT2D eigenvalue weighted by atomic mass is 19.1. The summed E-state index contributed by atoms with van der Waals surface area (Å²) in [5, 5.41) is 2.93. The largest absolute Gasteiger partial charge is 0.356 e. The minimum absolute atomic E-state index is 0.0917. The van der Waals surface area contributed by atoms with Crippen molar-refractivity contribution < 1.29 is 9.18 Å². The average Bonchev–Trinajstić information content (AvgIpc) is 2.68. The van der Waals surface area contributed by atoms with Gasteiger partial charge in [-0.15, -0.1) is 0 Å². The van der Waals surface area contributed by atoms with E-state index in [1.165, 1.54) is 6.07 Å². The number of pyridine rings is 1. The first kappa shape index (κ1) is 17.8. The maximum absolute atomic E-state index is 14.3. The van der Waals surface area contributed by atoms with Crippen LogP contribution in [-0.2, 0) is 11.2 Å². The molecule has 0 aliphatic rings. The third-order valence-electron chi connectivity index (χ3n) is 4.33. The van der Waals surface area contributed by atoms with Gasteiger partial charge in [-0.3, -0.25) is 9.78 Å². The lowest BCUT2D eigenvalue weighted by Crippen LogP contribution is -2.27. The second kappa shape index (κ2) is 8.90. The van der Waals surface area contributed by atoms with Crippen molar-refractivity contribution in [2.75, 3.05) is 6.54 Å². The first-order valence-electron chi connectivity index (χ1n) is 8.69. The number of nitrogens with zero attached hydrogens (tertiary/aromatic N) is 1. The van der Waals surface area contributed by atoms with Crippen molar-refractivity contribution in [3.05, 3.63) is 102 Å². The molecule has 0 unspecified atom stereocenters. The fraction of sp³-hybridized carbons (Fsp3) is 0.182. The maximum atomic E-state index is 14.3. The van der Waals surface area contributed by atoms with Gasteiger partial charge in [0.1, 0.15) is 5.82 Å². The van der Waals surface area contributed by atoms with Crippen LogP contribution in [0.3, 0.4) is 0 Å². The fourth-order valence-corrected chi connectivity index (χ4v) is 3.00. The lowest BCUT2D eigenvalue weighted by molar-refractivity contribution is -0.121. The van der Waals surface area contributed by atoms with Crippen LogP contribution in [0.1, 0.15) is 29.0 Å². The standard InChI is InChI=1S/C22H21FN2O/c23-21-11-5-4-10-19(21)20(18-8-2-1-3-9-18)15-22(26)25-14-12-17-7-6-13-24-16-17/h1-11,13,16,20H,12,14-15H2,(H,25,26)/t20-/m0/s1. The summed E-state index contributed by atoms with van der Waals surface area (Å²) >= 11 is 0. The molecular weight excluding hydrogens is 327 g/mol. The van der Waals surface area contributed by atoms with E-state index in [1.54, 1.807) is 30.6 Å². The highest BCUT2D eigenvalue weighted by Crippen LogP contribution is 2.29. The fourth-order valence-electron chi connectivity index (χ4n) is 3.00. The van der Waals surface area contributed by atoms with Gasteiger partial charge < -0.3 is 5.32 Å². The van der Waals surface area contributed by atoms with Crippen molar-refractivity contribution in [3.63, 3.8) is 0 Å². The predicted octanol–water partition coefficient (Wildman–Crippen LogP) is 4.10. The summed E-state index contributed by atoms with van der Waals surface area (Å²) in [6, 6.07) is 20.1. The normalized spacial score (nSPS) is 11.7. The zero-order chi connectivity index (χ0) is 18.2. The summed E-state index contributed by atoms with van der Waals surface area (Å²) in [6.45, 7) is 0.531. The van der Waals surface area contributed by atoms with Crippen molar-refractivity contribution in [1.82, 2.24) is 10.3 Å². The van der Waals surface area contributed by atoms with Crippen molar-refractivity contribution in [2.45, 2.75) is 18.8 Å². The van der Waals surface area contributed by atoms with Crippen molar-refractivity contribution in [1.29, 1.82) is 0 Å². The number of hydrogen-bond donors (Lipinski definition) is 1. The van der Waals surface area contributed by atoms with E-state index in [4.69, 9.17) is 0 Å². The molecule has 0 bridgehead atoms. The molecule has 1 heterocycles. The first-order chi connectivity index (χ1) is 12.7. The van der Waals surface area contributed by atoms with E-state index < -0.39 is 0 Å². The van der Waals surface area contributed by atoms with E-state index in [1.807, 2.05) is 42.5 Å². The SMILES string of the molecule is O=C(C[C@@H](c1ccccc1)c1ccccc1F)NCCc1cccnc1. The molecule has 0 radical (unpaired) electrons. The van der Waals surface area contributed by atoms with Crippen LogP contribution in [0, 0.1) is 5.82 Å². The lowest BCUT2D eigenvalue weighted by Gasteiger charge is -2.18. The number of benzene rings is 2. The third kappa shape index (κ3) is 4.76. The summed E-state index contributed by atoms with van der Waals surface area (Å²) in [4.78, 5) is 16.5. The van der Waals surface area contributed by atoms with E-state index in [0.29, 0.717) is 12.1 Å². The molecule has 1 atom stereocenters. The van der Waals surface area contributed by atoms with Gasteiger partial charge in [0.2, 0.25) is 5.91 Å². The zero-order valence-corrected chi connectivity index (χ0v) is 14.4. The summed E-state index contributed by atoms with van der Waals surface area (Å²) in [5.41, 5.74) is 2.54. The van der Waals surface area contributed by atoms with E-state index >= 15 is 0 Å². The van der Waals surface area contributed by atoms with Gasteiger partial charge in [0, 0.05) is 31.3 Å². The molecule has 1 aromatic heterocycles. The van der Waals surface area contributed by atoms with Crippen LogP contribution in [0.15, 0.2) is 79.1 Å². The molecule has 26 heavy (non-hydrogen) atoms. The molecule has 0 aliphatic heterocycles. The summed E-state index contributed by atoms with van der Waals surface area (Å²) in [7, 11) is 0. The number of hydrogen-bond acceptors (Lipinski definition) is 2. The van der Waals surface area contributed by atoms with E-state index in [9.17, 15) is 9.18 Å². The van der Waals surface area contributed by atoms with Gasteiger partial charge in [0.05, 0.1) is 0 Å². The van der Waals surface area contributed by atoms with Gasteiger partial charge >= 0.3 is 0 Å². The molecule has 3 nitrogen and oxygen atoms in total. The minimum Gasteiger partial charge on any atom is -0.356 e. The van der Waals surface area contributed by atoms with Crippen molar-refractivity contribution in [3.8, 4) is 0 Å². The van der Waals surface area contributed by atoms with Crippen LogP contribution >= 0.6 is 0 Å². The second-order valence-electron chi connectivity index (χ2n) is 6.15. The Hall–Kier alpha value is -3.01. The monoisotopic (exact) mass is 348 g/mol. The highest BCUT2D eigenvalue weighted by molar-refractivity contribution is 5.77. The Balaban J connectivity index is 1.68. The highest BCUT2D eigenvalue weighted by Gasteiger charge is 2.20. The van der Waals surface area contributed by atoms with Gasteiger partial charge in [-0.1, -0.05) is 54.6 Å². The van der Waals surface area contributed by atoms with Gasteiger partial charge in [-0.25, -0.2) is 4.39 Å². The molecule has 1 N–H and O–H groups in total. The molecule has 4 heteroatoms. The van der Waals surface area contributed by atoms with E-state index in [-0.39, 0.29) is 24.1 Å². The zero-order valence-electron chi connectivity index (χ0n) is 14.4. The molecule has 0 aliphatic carbocycles. The van der Waals surface area contributed by atoms with Crippen molar-refractivity contribution in [2.24, 2.45) is 0 Å². The van der Waals surface area contributed by atoms with Gasteiger partial charge in [0.25, 0.3) is 0 Å². The number of carbonyl (C=O) groups is 1. The Bertz CT molecular complexity index is 837. The summed E-state index contributed by atoms with van der Waals surface area (Å²) < 4.78 is 14.3. The molecule has 3 rings (SSSR count). The van der Waals surface area contributed by atoms with Crippen LogP contribution in [0.5, 0.6) is 0 Å². The minimum atomic E-state index is -0.309. The Morgan fingerprint density at radius 2 is 1.77 bits per heavy atom. The number of rotatable bonds is 7. The van der Waals surface area contributed by atoms with Gasteiger partial charge in [0.15, 0.2) is 0 Å².